The van der Waals surface area contributed by atoms with Gasteiger partial charge in [0, 0.05) is 24.5 Å². The topological polar surface area (TPSA) is 94.4 Å². The Labute approximate surface area is 190 Å². The van der Waals surface area contributed by atoms with E-state index in [9.17, 15) is 13.2 Å². The SMILES string of the molecule is CCS(=O)(=O)c1cccc(C(=O)N(CCn2cccn2)c2nc3ccc(OC)cc3s2)c1. The monoisotopic (exact) mass is 470 g/mol. The molecular formula is C22H22N4O4S2. The van der Waals surface area contributed by atoms with E-state index in [2.05, 4.69) is 10.1 Å². The minimum Gasteiger partial charge on any atom is -0.497 e. The summed E-state index contributed by atoms with van der Waals surface area (Å²) in [4.78, 5) is 19.9. The van der Waals surface area contributed by atoms with Crippen LogP contribution in [0, 0.1) is 0 Å². The molecule has 0 N–H and O–H groups in total. The number of sulfone groups is 1. The fraction of sp³-hybridized carbons (Fsp3) is 0.227. The molecule has 0 atom stereocenters. The highest BCUT2D eigenvalue weighted by Crippen LogP contribution is 2.32. The first kappa shape index (κ1) is 22.0. The molecule has 0 aliphatic carbocycles. The fourth-order valence-electron chi connectivity index (χ4n) is 3.20. The number of carbonyl (C=O) groups is 1. The van der Waals surface area contributed by atoms with Crippen LogP contribution in [0.2, 0.25) is 0 Å². The van der Waals surface area contributed by atoms with Crippen molar-refractivity contribution in [2.45, 2.75) is 18.4 Å². The Kier molecular flexibility index (Phi) is 6.24. The molecule has 8 nitrogen and oxygen atoms in total. The summed E-state index contributed by atoms with van der Waals surface area (Å²) in [7, 11) is -1.83. The van der Waals surface area contributed by atoms with Gasteiger partial charge in [-0.3, -0.25) is 14.4 Å². The van der Waals surface area contributed by atoms with Crippen molar-refractivity contribution in [2.75, 3.05) is 24.3 Å². The Balaban J connectivity index is 1.72. The Hall–Kier alpha value is -3.24. The van der Waals surface area contributed by atoms with Gasteiger partial charge in [-0.15, -0.1) is 0 Å². The lowest BCUT2D eigenvalue weighted by Gasteiger charge is -2.20. The van der Waals surface area contributed by atoms with Gasteiger partial charge in [-0.25, -0.2) is 13.4 Å². The number of hydrogen-bond acceptors (Lipinski definition) is 7. The van der Waals surface area contributed by atoms with Crippen molar-refractivity contribution < 1.29 is 17.9 Å². The van der Waals surface area contributed by atoms with Crippen LogP contribution < -0.4 is 9.64 Å². The van der Waals surface area contributed by atoms with E-state index in [1.165, 1.54) is 23.5 Å². The average Bonchev–Trinajstić information content (AvgIpc) is 3.48. The van der Waals surface area contributed by atoms with E-state index < -0.39 is 9.84 Å². The molecule has 166 valence electrons. The Morgan fingerprint density at radius 1 is 1.19 bits per heavy atom. The normalized spacial score (nSPS) is 11.6. The standard InChI is InChI=1S/C22H22N4O4S2/c1-3-32(28,29)18-7-4-6-16(14-18)21(27)26(13-12-25-11-5-10-23-25)22-24-19-9-8-17(30-2)15-20(19)31-22/h4-11,14-15H,3,12-13H2,1-2H3. The number of aromatic nitrogens is 3. The third-order valence-electron chi connectivity index (χ3n) is 4.99. The van der Waals surface area contributed by atoms with Gasteiger partial charge in [0.25, 0.3) is 5.91 Å². The maximum Gasteiger partial charge on any atom is 0.260 e. The maximum absolute atomic E-state index is 13.5. The number of rotatable bonds is 8. The van der Waals surface area contributed by atoms with Crippen LogP contribution in [-0.2, 0) is 16.4 Å². The first-order valence-corrected chi connectivity index (χ1v) is 12.4. The highest BCUT2D eigenvalue weighted by molar-refractivity contribution is 7.91. The zero-order valence-electron chi connectivity index (χ0n) is 17.6. The minimum absolute atomic E-state index is 0.0344. The molecule has 0 bridgehead atoms. The van der Waals surface area contributed by atoms with Crippen molar-refractivity contribution in [3.63, 3.8) is 0 Å². The van der Waals surface area contributed by atoms with Gasteiger partial charge in [-0.05, 0) is 42.5 Å². The van der Waals surface area contributed by atoms with Gasteiger partial charge in [0.2, 0.25) is 0 Å². The quantitative estimate of drug-likeness (QED) is 0.390. The van der Waals surface area contributed by atoms with Crippen LogP contribution in [-0.4, -0.2) is 48.5 Å². The summed E-state index contributed by atoms with van der Waals surface area (Å²) in [5.41, 5.74) is 1.04. The second kappa shape index (κ2) is 9.09. The molecule has 0 fully saturated rings. The molecule has 4 rings (SSSR count). The van der Waals surface area contributed by atoms with Crippen LogP contribution in [0.25, 0.3) is 10.2 Å². The van der Waals surface area contributed by atoms with Crippen molar-refractivity contribution in [3.8, 4) is 5.75 Å². The molecule has 2 heterocycles. The first-order valence-electron chi connectivity index (χ1n) is 9.98. The molecule has 0 saturated heterocycles. The van der Waals surface area contributed by atoms with E-state index in [4.69, 9.17) is 4.74 Å². The number of benzene rings is 2. The van der Waals surface area contributed by atoms with Crippen molar-refractivity contribution in [2.24, 2.45) is 0 Å². The zero-order chi connectivity index (χ0) is 22.7. The van der Waals surface area contributed by atoms with Crippen LogP contribution in [0.5, 0.6) is 5.75 Å². The van der Waals surface area contributed by atoms with E-state index in [-0.39, 0.29) is 22.1 Å². The minimum atomic E-state index is -3.43. The van der Waals surface area contributed by atoms with Crippen molar-refractivity contribution in [1.82, 2.24) is 14.8 Å². The number of anilines is 1. The summed E-state index contributed by atoms with van der Waals surface area (Å²) in [6.45, 7) is 2.36. The van der Waals surface area contributed by atoms with Gasteiger partial charge in [0.1, 0.15) is 5.75 Å². The van der Waals surface area contributed by atoms with Crippen LogP contribution in [0.4, 0.5) is 5.13 Å². The Morgan fingerprint density at radius 2 is 2.03 bits per heavy atom. The van der Waals surface area contributed by atoms with Crippen molar-refractivity contribution in [1.29, 1.82) is 0 Å². The number of ether oxygens (including phenoxy) is 1. The molecule has 0 saturated carbocycles. The summed E-state index contributed by atoms with van der Waals surface area (Å²) in [5.74, 6) is 0.351. The predicted molar refractivity (Wildman–Crippen MR) is 124 cm³/mol. The molecule has 2 aromatic heterocycles. The van der Waals surface area contributed by atoms with Gasteiger partial charge in [-0.1, -0.05) is 24.3 Å². The number of carbonyl (C=O) groups excluding carboxylic acids is 1. The van der Waals surface area contributed by atoms with E-state index in [1.807, 2.05) is 30.5 Å². The summed E-state index contributed by atoms with van der Waals surface area (Å²) in [6.07, 6.45) is 3.50. The van der Waals surface area contributed by atoms with E-state index in [1.54, 1.807) is 41.9 Å². The van der Waals surface area contributed by atoms with Gasteiger partial charge in [0.15, 0.2) is 15.0 Å². The number of thiazole rings is 1. The second-order valence-electron chi connectivity index (χ2n) is 6.99. The van der Waals surface area contributed by atoms with Gasteiger partial charge >= 0.3 is 0 Å². The molecule has 10 heteroatoms. The number of amides is 1. The van der Waals surface area contributed by atoms with E-state index in [0.29, 0.717) is 24.0 Å². The van der Waals surface area contributed by atoms with Crippen molar-refractivity contribution in [3.05, 3.63) is 66.5 Å². The lowest BCUT2D eigenvalue weighted by molar-refractivity contribution is 0.0985. The number of methoxy groups -OCH3 is 1. The number of hydrogen-bond donors (Lipinski definition) is 0. The van der Waals surface area contributed by atoms with Gasteiger partial charge < -0.3 is 4.74 Å². The Morgan fingerprint density at radius 3 is 2.75 bits per heavy atom. The van der Waals surface area contributed by atoms with Crippen LogP contribution in [0.15, 0.2) is 65.8 Å². The van der Waals surface area contributed by atoms with Crippen LogP contribution in [0.3, 0.4) is 0 Å². The molecule has 0 aliphatic rings. The average molecular weight is 471 g/mol. The molecule has 2 aromatic carbocycles. The highest BCUT2D eigenvalue weighted by Gasteiger charge is 2.23. The molecule has 0 aliphatic heterocycles. The highest BCUT2D eigenvalue weighted by atomic mass is 32.2. The van der Waals surface area contributed by atoms with Gasteiger partial charge in [-0.2, -0.15) is 5.10 Å². The summed E-state index contributed by atoms with van der Waals surface area (Å²) < 4.78 is 32.5. The Bertz CT molecular complexity index is 1350. The van der Waals surface area contributed by atoms with E-state index >= 15 is 0 Å². The van der Waals surface area contributed by atoms with Crippen LogP contribution >= 0.6 is 11.3 Å². The maximum atomic E-state index is 13.5. The fourth-order valence-corrected chi connectivity index (χ4v) is 5.14. The zero-order valence-corrected chi connectivity index (χ0v) is 19.3. The molecule has 0 radical (unpaired) electrons. The second-order valence-corrected chi connectivity index (χ2v) is 10.3. The molecular weight excluding hydrogens is 448 g/mol. The van der Waals surface area contributed by atoms with E-state index in [0.717, 1.165) is 10.2 Å². The van der Waals surface area contributed by atoms with Crippen molar-refractivity contribution >= 4 is 42.4 Å². The lowest BCUT2D eigenvalue weighted by atomic mass is 10.2. The third kappa shape index (κ3) is 4.51. The molecule has 4 aromatic rings. The first-order chi connectivity index (χ1) is 15.4. The van der Waals surface area contributed by atoms with Gasteiger partial charge in [0.05, 0.1) is 34.5 Å². The largest absolute Gasteiger partial charge is 0.497 e. The lowest BCUT2D eigenvalue weighted by Crippen LogP contribution is -2.34. The number of nitrogens with zero attached hydrogens (tertiary/aromatic N) is 4. The summed E-state index contributed by atoms with van der Waals surface area (Å²) in [6, 6.07) is 13.5. The van der Waals surface area contributed by atoms with Crippen LogP contribution in [0.1, 0.15) is 17.3 Å². The molecule has 0 spiro atoms. The smallest absolute Gasteiger partial charge is 0.260 e. The third-order valence-corrected chi connectivity index (χ3v) is 7.77. The molecule has 32 heavy (non-hydrogen) atoms. The number of fused-ring (bicyclic) bond motifs is 1. The predicted octanol–water partition coefficient (Wildman–Crippen LogP) is 3.64. The summed E-state index contributed by atoms with van der Waals surface area (Å²) >= 11 is 1.38. The summed E-state index contributed by atoms with van der Waals surface area (Å²) in [5, 5.41) is 4.73. The molecule has 0 unspecified atom stereocenters. The molecule has 1 amide bonds.